The molecule has 0 aromatic rings. The van der Waals surface area contributed by atoms with Gasteiger partial charge in [0.2, 0.25) is 0 Å². The minimum absolute atomic E-state index is 0.222. The number of likely N-dealkylation sites (N-methyl/N-ethyl adjacent to an activating group) is 1. The molecule has 0 amide bonds. The number of likely N-dealkylation sites (tertiary alicyclic amines) is 1. The highest BCUT2D eigenvalue weighted by atomic mass is 16.5. The van der Waals surface area contributed by atoms with Gasteiger partial charge in [-0.3, -0.25) is 4.79 Å². The molecule has 15 heavy (non-hydrogen) atoms. The molecule has 2 heterocycles. The Hall–Kier alpha value is -0.650. The van der Waals surface area contributed by atoms with Crippen LogP contribution in [0.4, 0.5) is 0 Å². The van der Waals surface area contributed by atoms with Crippen LogP contribution in [0.1, 0.15) is 26.2 Å². The van der Waals surface area contributed by atoms with Gasteiger partial charge < -0.3 is 15.2 Å². The van der Waals surface area contributed by atoms with Crippen LogP contribution in [0.15, 0.2) is 0 Å². The lowest BCUT2D eigenvalue weighted by molar-refractivity contribution is -0.160. The van der Waals surface area contributed by atoms with Crippen molar-refractivity contribution in [1.82, 2.24) is 9.96 Å². The Labute approximate surface area is 90.2 Å². The Morgan fingerprint density at radius 1 is 1.33 bits per heavy atom. The van der Waals surface area contributed by atoms with Gasteiger partial charge in [-0.25, -0.2) is 0 Å². The number of rotatable bonds is 1. The zero-order valence-electron chi connectivity index (χ0n) is 9.39. The van der Waals surface area contributed by atoms with Crippen LogP contribution >= 0.6 is 0 Å². The summed E-state index contributed by atoms with van der Waals surface area (Å²) in [7, 11) is 2.12. The minimum Gasteiger partial charge on any atom is -0.481 e. The average molecular weight is 216 g/mol. The van der Waals surface area contributed by atoms with E-state index in [0.29, 0.717) is 12.1 Å². The Bertz CT molecular complexity index is 209. The van der Waals surface area contributed by atoms with Gasteiger partial charge in [0, 0.05) is 31.6 Å². The van der Waals surface area contributed by atoms with Crippen molar-refractivity contribution >= 4 is 5.97 Å². The smallest absolute Gasteiger partial charge is 0.303 e. The fraction of sp³-hybridized carbons (Fsp3) is 0.900. The maximum atomic E-state index is 9.43. The Kier molecular flexibility index (Phi) is 4.50. The van der Waals surface area contributed by atoms with Gasteiger partial charge in [0.25, 0.3) is 0 Å². The maximum absolute atomic E-state index is 9.43. The molecule has 88 valence electrons. The third-order valence-electron chi connectivity index (χ3n) is 2.93. The van der Waals surface area contributed by atoms with Gasteiger partial charge in [0.05, 0.1) is 0 Å². The fourth-order valence-corrected chi connectivity index (χ4v) is 2.09. The minimum atomic E-state index is -0.745. The van der Waals surface area contributed by atoms with Crippen molar-refractivity contribution in [1.29, 1.82) is 0 Å². The van der Waals surface area contributed by atoms with Crippen LogP contribution in [-0.4, -0.2) is 58.5 Å². The predicted molar refractivity (Wildman–Crippen MR) is 55.9 cm³/mol. The highest BCUT2D eigenvalue weighted by Crippen LogP contribution is 2.26. The number of carboxylic acid groups (broad SMARTS) is 1. The van der Waals surface area contributed by atoms with Crippen molar-refractivity contribution in [3.05, 3.63) is 0 Å². The van der Waals surface area contributed by atoms with Crippen LogP contribution < -0.4 is 0 Å². The summed E-state index contributed by atoms with van der Waals surface area (Å²) in [5.74, 6) is -0.745. The van der Waals surface area contributed by atoms with Crippen LogP contribution in [0.25, 0.3) is 0 Å². The van der Waals surface area contributed by atoms with Crippen LogP contribution in [0.5, 0.6) is 0 Å². The Balaban J connectivity index is 0.000000195. The van der Waals surface area contributed by atoms with Crippen molar-refractivity contribution < 1.29 is 15.1 Å². The summed E-state index contributed by atoms with van der Waals surface area (Å²) in [6, 6.07) is 0.840. The molecule has 0 saturated carbocycles. The molecule has 2 aliphatic rings. The van der Waals surface area contributed by atoms with E-state index in [9.17, 15) is 10.0 Å². The first kappa shape index (κ1) is 12.4. The largest absolute Gasteiger partial charge is 0.481 e. The first-order valence-electron chi connectivity index (χ1n) is 5.42. The zero-order valence-corrected chi connectivity index (χ0v) is 9.39. The predicted octanol–water partition coefficient (Wildman–Crippen LogP) is 0.635. The van der Waals surface area contributed by atoms with E-state index in [1.54, 1.807) is 12.0 Å². The van der Waals surface area contributed by atoms with Gasteiger partial charge >= 0.3 is 5.97 Å². The second-order valence-corrected chi connectivity index (χ2v) is 4.23. The molecule has 2 bridgehead atoms. The highest BCUT2D eigenvalue weighted by molar-refractivity contribution is 5.66. The molecule has 2 aliphatic heterocycles. The number of hydroxylamine groups is 2. The molecular formula is C10H20N2O3. The van der Waals surface area contributed by atoms with E-state index in [0.717, 1.165) is 13.1 Å². The average Bonchev–Trinajstić information content (AvgIpc) is 2.41. The molecule has 5 nitrogen and oxygen atoms in total. The molecule has 2 rings (SSSR count). The molecule has 2 saturated heterocycles. The van der Waals surface area contributed by atoms with Crippen molar-refractivity contribution in [2.24, 2.45) is 0 Å². The SMILES string of the molecule is CCC(=O)O.CN1CC2CCC(C1)N2O. The van der Waals surface area contributed by atoms with E-state index in [4.69, 9.17) is 5.11 Å². The van der Waals surface area contributed by atoms with Crippen LogP contribution in [0.3, 0.4) is 0 Å². The number of carbonyl (C=O) groups is 1. The summed E-state index contributed by atoms with van der Waals surface area (Å²) in [4.78, 5) is 11.7. The summed E-state index contributed by atoms with van der Waals surface area (Å²) in [5.41, 5.74) is 0. The summed E-state index contributed by atoms with van der Waals surface area (Å²) in [5, 5.41) is 18.7. The zero-order chi connectivity index (χ0) is 11.4. The van der Waals surface area contributed by atoms with Crippen molar-refractivity contribution in [2.45, 2.75) is 38.3 Å². The third-order valence-corrected chi connectivity index (χ3v) is 2.93. The molecule has 0 aromatic carbocycles. The summed E-state index contributed by atoms with van der Waals surface area (Å²) >= 11 is 0. The first-order valence-corrected chi connectivity index (χ1v) is 5.42. The molecule has 5 heteroatoms. The van der Waals surface area contributed by atoms with Crippen LogP contribution in [-0.2, 0) is 4.79 Å². The first-order chi connectivity index (χ1) is 7.04. The van der Waals surface area contributed by atoms with E-state index in [1.807, 2.05) is 0 Å². The number of carboxylic acids is 1. The summed E-state index contributed by atoms with van der Waals surface area (Å²) < 4.78 is 0. The van der Waals surface area contributed by atoms with Crippen molar-refractivity contribution in [2.75, 3.05) is 20.1 Å². The van der Waals surface area contributed by atoms with Crippen LogP contribution in [0.2, 0.25) is 0 Å². The fourth-order valence-electron chi connectivity index (χ4n) is 2.09. The Morgan fingerprint density at radius 3 is 2.07 bits per heavy atom. The van der Waals surface area contributed by atoms with E-state index in [-0.39, 0.29) is 6.42 Å². The van der Waals surface area contributed by atoms with Crippen LogP contribution in [0, 0.1) is 0 Å². The monoisotopic (exact) mass is 216 g/mol. The van der Waals surface area contributed by atoms with E-state index in [2.05, 4.69) is 11.9 Å². The molecule has 2 N–H and O–H groups in total. The van der Waals surface area contributed by atoms with Crippen molar-refractivity contribution in [3.63, 3.8) is 0 Å². The van der Waals surface area contributed by atoms with E-state index < -0.39 is 5.97 Å². The number of hydrogen-bond donors (Lipinski definition) is 2. The number of fused-ring (bicyclic) bond motifs is 2. The van der Waals surface area contributed by atoms with Gasteiger partial charge in [0.15, 0.2) is 0 Å². The molecule has 2 atom stereocenters. The van der Waals surface area contributed by atoms with E-state index >= 15 is 0 Å². The third kappa shape index (κ3) is 3.44. The Morgan fingerprint density at radius 2 is 1.73 bits per heavy atom. The van der Waals surface area contributed by atoms with Gasteiger partial charge in [-0.2, -0.15) is 5.06 Å². The van der Waals surface area contributed by atoms with Gasteiger partial charge in [-0.05, 0) is 19.9 Å². The normalized spacial score (nSPS) is 30.9. The maximum Gasteiger partial charge on any atom is 0.303 e. The van der Waals surface area contributed by atoms with E-state index in [1.165, 1.54) is 12.8 Å². The molecule has 0 aliphatic carbocycles. The number of nitrogens with zero attached hydrogens (tertiary/aromatic N) is 2. The highest BCUT2D eigenvalue weighted by Gasteiger charge is 2.37. The number of aliphatic carboxylic acids is 1. The molecule has 2 fully saturated rings. The summed E-state index contributed by atoms with van der Waals surface area (Å²) in [6.45, 7) is 3.67. The second-order valence-electron chi connectivity index (χ2n) is 4.23. The molecule has 0 aromatic heterocycles. The molecule has 2 unspecified atom stereocenters. The van der Waals surface area contributed by atoms with Gasteiger partial charge in [-0.1, -0.05) is 6.92 Å². The second kappa shape index (κ2) is 5.44. The summed E-state index contributed by atoms with van der Waals surface area (Å²) in [6.07, 6.45) is 2.57. The lowest BCUT2D eigenvalue weighted by atomic mass is 10.2. The molecule has 0 spiro atoms. The van der Waals surface area contributed by atoms with Gasteiger partial charge in [-0.15, -0.1) is 0 Å². The lowest BCUT2D eigenvalue weighted by Gasteiger charge is -2.34. The molecule has 0 radical (unpaired) electrons. The quantitative estimate of drug-likeness (QED) is 0.673. The van der Waals surface area contributed by atoms with Gasteiger partial charge in [0.1, 0.15) is 0 Å². The standard InChI is InChI=1S/C7H14N2O.C3H6O2/c1-8-4-6-2-3-7(5-8)9(6)10;1-2-3(4)5/h6-7,10H,2-5H2,1H3;2H2,1H3,(H,4,5). The van der Waals surface area contributed by atoms with Crippen molar-refractivity contribution in [3.8, 4) is 0 Å². The topological polar surface area (TPSA) is 64.0 Å². The lowest BCUT2D eigenvalue weighted by Crippen LogP contribution is -2.50. The molecular weight excluding hydrogens is 196 g/mol. The number of piperazine rings is 1. The number of hydrogen-bond acceptors (Lipinski definition) is 4.